The average Bonchev–Trinajstić information content (AvgIpc) is 3.19. The molecule has 2 N–H and O–H groups in total. The molecule has 2 heterocycles. The second-order valence-corrected chi connectivity index (χ2v) is 7.95. The van der Waals surface area contributed by atoms with Crippen LogP contribution < -0.4 is 15.4 Å². The first kappa shape index (κ1) is 18.8. The fraction of sp³-hybridized carbons (Fsp3) is 0.571. The first-order valence-electron chi connectivity index (χ1n) is 10.1. The van der Waals surface area contributed by atoms with Crippen LogP contribution in [-0.2, 0) is 24.8 Å². The third kappa shape index (κ3) is 3.45. The maximum absolute atomic E-state index is 5.57. The van der Waals surface area contributed by atoms with Crippen molar-refractivity contribution in [3.8, 4) is 5.75 Å². The number of aryl methyl sites for hydroxylation is 2. The lowest BCUT2D eigenvalue weighted by molar-refractivity contribution is 0.391. The van der Waals surface area contributed by atoms with Crippen molar-refractivity contribution in [1.29, 1.82) is 0 Å². The second kappa shape index (κ2) is 7.45. The lowest BCUT2D eigenvalue weighted by Crippen LogP contribution is -2.48. The van der Waals surface area contributed by atoms with E-state index >= 15 is 0 Å². The van der Waals surface area contributed by atoms with Gasteiger partial charge in [-0.1, -0.05) is 32.0 Å². The molecule has 1 aliphatic carbocycles. The highest BCUT2D eigenvalue weighted by molar-refractivity contribution is 5.81. The Bertz CT molecular complexity index is 876. The number of benzene rings is 1. The normalized spacial score (nSPS) is 26.5. The number of hydrogen-bond donors (Lipinski definition) is 2. The van der Waals surface area contributed by atoms with Crippen molar-refractivity contribution in [1.82, 2.24) is 25.4 Å². The Morgan fingerprint density at radius 1 is 1.36 bits per heavy atom. The van der Waals surface area contributed by atoms with Crippen molar-refractivity contribution in [2.75, 3.05) is 14.2 Å². The second-order valence-electron chi connectivity index (χ2n) is 7.95. The highest BCUT2D eigenvalue weighted by Crippen LogP contribution is 2.50. The van der Waals surface area contributed by atoms with Gasteiger partial charge in [0.1, 0.15) is 11.6 Å². The van der Waals surface area contributed by atoms with Gasteiger partial charge in [0.15, 0.2) is 11.8 Å². The zero-order valence-electron chi connectivity index (χ0n) is 17.2. The topological polar surface area (TPSA) is 76.4 Å². The molecule has 28 heavy (non-hydrogen) atoms. The van der Waals surface area contributed by atoms with Crippen LogP contribution in [0.2, 0.25) is 0 Å². The molecule has 0 spiro atoms. The Morgan fingerprint density at radius 2 is 2.18 bits per heavy atom. The van der Waals surface area contributed by atoms with E-state index in [0.29, 0.717) is 12.1 Å². The quantitative estimate of drug-likeness (QED) is 0.611. The smallest absolute Gasteiger partial charge is 0.191 e. The molecule has 2 aromatic rings. The molecular weight excluding hydrogens is 352 g/mol. The molecule has 0 saturated heterocycles. The summed E-state index contributed by atoms with van der Waals surface area (Å²) in [5.41, 5.74) is 1.31. The molecule has 0 radical (unpaired) electrons. The molecule has 1 saturated carbocycles. The molecule has 7 heteroatoms. The molecule has 1 fully saturated rings. The predicted molar refractivity (Wildman–Crippen MR) is 110 cm³/mol. The lowest BCUT2D eigenvalue weighted by atomic mass is 9.96. The van der Waals surface area contributed by atoms with E-state index in [1.165, 1.54) is 5.56 Å². The summed E-state index contributed by atoms with van der Waals surface area (Å²) in [6.07, 6.45) is 3.93. The van der Waals surface area contributed by atoms with Crippen LogP contribution in [0.3, 0.4) is 0 Å². The summed E-state index contributed by atoms with van der Waals surface area (Å²) in [5, 5.41) is 11.8. The van der Waals surface area contributed by atoms with Crippen LogP contribution in [0, 0.1) is 0 Å². The molecule has 1 aromatic carbocycles. The molecule has 4 rings (SSSR count). The van der Waals surface area contributed by atoms with Gasteiger partial charge in [-0.2, -0.15) is 5.10 Å². The van der Waals surface area contributed by atoms with Gasteiger partial charge in [0, 0.05) is 43.0 Å². The number of guanidine groups is 1. The number of hydrogen-bond acceptors (Lipinski definition) is 4. The predicted octanol–water partition coefficient (Wildman–Crippen LogP) is 2.06. The van der Waals surface area contributed by atoms with E-state index in [1.807, 2.05) is 23.9 Å². The number of methoxy groups -OCH3 is 1. The number of aromatic nitrogens is 3. The SMILES string of the molecule is CCc1nc2n(n1)CC(NC(=NC)NC1CC1(C)c1ccccc1OC)CC2. The van der Waals surface area contributed by atoms with Crippen LogP contribution in [0.4, 0.5) is 0 Å². The third-order valence-corrected chi connectivity index (χ3v) is 6.05. The number of aliphatic imine (C=N–C) groups is 1. The number of nitrogens with zero attached hydrogens (tertiary/aromatic N) is 4. The lowest BCUT2D eigenvalue weighted by Gasteiger charge is -2.26. The summed E-state index contributed by atoms with van der Waals surface area (Å²) in [6, 6.07) is 8.94. The van der Waals surface area contributed by atoms with Gasteiger partial charge in [-0.05, 0) is 18.9 Å². The van der Waals surface area contributed by atoms with E-state index in [1.54, 1.807) is 7.11 Å². The van der Waals surface area contributed by atoms with Gasteiger partial charge in [-0.25, -0.2) is 9.67 Å². The van der Waals surface area contributed by atoms with Gasteiger partial charge < -0.3 is 15.4 Å². The van der Waals surface area contributed by atoms with E-state index in [0.717, 1.165) is 55.6 Å². The summed E-state index contributed by atoms with van der Waals surface area (Å²) in [5.74, 6) is 3.84. The minimum atomic E-state index is 0.0614. The van der Waals surface area contributed by atoms with Gasteiger partial charge in [-0.15, -0.1) is 0 Å². The first-order valence-corrected chi connectivity index (χ1v) is 10.1. The summed E-state index contributed by atoms with van der Waals surface area (Å²) >= 11 is 0. The van der Waals surface area contributed by atoms with E-state index < -0.39 is 0 Å². The van der Waals surface area contributed by atoms with Crippen molar-refractivity contribution >= 4 is 5.96 Å². The Balaban J connectivity index is 1.39. The highest BCUT2D eigenvalue weighted by atomic mass is 16.5. The van der Waals surface area contributed by atoms with Crippen molar-refractivity contribution in [2.24, 2.45) is 4.99 Å². The number of rotatable bonds is 5. The van der Waals surface area contributed by atoms with Gasteiger partial charge in [-0.3, -0.25) is 4.99 Å². The Morgan fingerprint density at radius 3 is 2.93 bits per heavy atom. The van der Waals surface area contributed by atoms with Crippen molar-refractivity contribution in [3.05, 3.63) is 41.5 Å². The van der Waals surface area contributed by atoms with Crippen LogP contribution >= 0.6 is 0 Å². The minimum Gasteiger partial charge on any atom is -0.496 e. The van der Waals surface area contributed by atoms with Crippen LogP contribution in [0.15, 0.2) is 29.3 Å². The minimum absolute atomic E-state index is 0.0614. The molecule has 2 aliphatic rings. The van der Waals surface area contributed by atoms with Gasteiger partial charge in [0.25, 0.3) is 0 Å². The molecule has 150 valence electrons. The summed E-state index contributed by atoms with van der Waals surface area (Å²) in [4.78, 5) is 9.06. The molecule has 3 atom stereocenters. The van der Waals surface area contributed by atoms with Crippen molar-refractivity contribution in [2.45, 2.75) is 63.6 Å². The van der Waals surface area contributed by atoms with E-state index in [9.17, 15) is 0 Å². The summed E-state index contributed by atoms with van der Waals surface area (Å²) in [6.45, 7) is 5.21. The Hall–Kier alpha value is -2.57. The van der Waals surface area contributed by atoms with Crippen LogP contribution in [0.1, 0.15) is 43.9 Å². The standard InChI is InChI=1S/C21H30N6O/c1-5-18-25-19-11-10-14(13-27(19)26-18)23-20(22-3)24-17-12-21(17,2)15-8-6-7-9-16(15)28-4/h6-9,14,17H,5,10-13H2,1-4H3,(H2,22,23,24). The van der Waals surface area contributed by atoms with Crippen molar-refractivity contribution in [3.63, 3.8) is 0 Å². The van der Waals surface area contributed by atoms with E-state index in [-0.39, 0.29) is 5.41 Å². The summed E-state index contributed by atoms with van der Waals surface area (Å²) in [7, 11) is 3.57. The third-order valence-electron chi connectivity index (χ3n) is 6.05. The number of para-hydroxylation sites is 1. The molecule has 3 unspecified atom stereocenters. The Labute approximate surface area is 166 Å². The zero-order chi connectivity index (χ0) is 19.7. The van der Waals surface area contributed by atoms with E-state index in [4.69, 9.17) is 4.74 Å². The maximum atomic E-state index is 5.57. The molecule has 1 aromatic heterocycles. The number of fused-ring (bicyclic) bond motifs is 1. The average molecular weight is 383 g/mol. The number of ether oxygens (including phenoxy) is 1. The molecule has 1 aliphatic heterocycles. The van der Waals surface area contributed by atoms with Gasteiger partial charge in [0.05, 0.1) is 13.7 Å². The monoisotopic (exact) mass is 382 g/mol. The van der Waals surface area contributed by atoms with Gasteiger partial charge >= 0.3 is 0 Å². The van der Waals surface area contributed by atoms with Crippen LogP contribution in [0.25, 0.3) is 0 Å². The highest BCUT2D eigenvalue weighted by Gasteiger charge is 2.53. The fourth-order valence-corrected chi connectivity index (χ4v) is 4.15. The molecule has 0 amide bonds. The fourth-order valence-electron chi connectivity index (χ4n) is 4.15. The Kier molecular flexibility index (Phi) is 5.00. The van der Waals surface area contributed by atoms with Gasteiger partial charge in [0.2, 0.25) is 0 Å². The maximum Gasteiger partial charge on any atom is 0.191 e. The molecule has 7 nitrogen and oxygen atoms in total. The first-order chi connectivity index (χ1) is 13.6. The largest absolute Gasteiger partial charge is 0.496 e. The van der Waals surface area contributed by atoms with Crippen LogP contribution in [0.5, 0.6) is 5.75 Å². The number of nitrogens with one attached hydrogen (secondary N) is 2. The van der Waals surface area contributed by atoms with E-state index in [2.05, 4.69) is 51.7 Å². The summed E-state index contributed by atoms with van der Waals surface area (Å²) < 4.78 is 7.61. The van der Waals surface area contributed by atoms with Crippen molar-refractivity contribution < 1.29 is 4.74 Å². The molecular formula is C21H30N6O. The van der Waals surface area contributed by atoms with Crippen LogP contribution in [-0.4, -0.2) is 47.0 Å². The molecule has 0 bridgehead atoms. The zero-order valence-corrected chi connectivity index (χ0v) is 17.2.